The highest BCUT2D eigenvalue weighted by Gasteiger charge is 2.22. The molecule has 0 radical (unpaired) electrons. The maximum Gasteiger partial charge on any atom is 0.231 e. The van der Waals surface area contributed by atoms with Gasteiger partial charge in [0.05, 0.1) is 5.92 Å². The van der Waals surface area contributed by atoms with Gasteiger partial charge in [-0.25, -0.2) is 0 Å². The number of benzene rings is 1. The first-order valence-electron chi connectivity index (χ1n) is 5.05. The van der Waals surface area contributed by atoms with E-state index in [-0.39, 0.29) is 17.9 Å². The van der Waals surface area contributed by atoms with Crippen LogP contribution in [0, 0.1) is 5.92 Å². The monoisotopic (exact) mass is 202 g/mol. The topological polar surface area (TPSA) is 55.1 Å². The van der Waals surface area contributed by atoms with E-state index in [9.17, 15) is 4.79 Å². The first-order valence-corrected chi connectivity index (χ1v) is 5.05. The standard InChI is InChI=1S/C12H14N2O/c13-10-7-6-9(8-10)12(15)14-11-4-2-1-3-5-11/h1-7,9-10H,8,13H2,(H,14,15). The second-order valence-electron chi connectivity index (χ2n) is 3.75. The van der Waals surface area contributed by atoms with Crippen molar-refractivity contribution in [2.24, 2.45) is 11.7 Å². The van der Waals surface area contributed by atoms with E-state index >= 15 is 0 Å². The number of carbonyl (C=O) groups is 1. The number of nitrogens with two attached hydrogens (primary N) is 1. The van der Waals surface area contributed by atoms with Crippen molar-refractivity contribution in [3.8, 4) is 0 Å². The molecule has 1 aromatic carbocycles. The van der Waals surface area contributed by atoms with E-state index in [2.05, 4.69) is 5.32 Å². The zero-order chi connectivity index (χ0) is 10.7. The Morgan fingerprint density at radius 3 is 2.60 bits per heavy atom. The van der Waals surface area contributed by atoms with Gasteiger partial charge in [-0.3, -0.25) is 4.79 Å². The molecule has 2 rings (SSSR count). The molecule has 0 fully saturated rings. The molecule has 15 heavy (non-hydrogen) atoms. The minimum Gasteiger partial charge on any atom is -0.326 e. The van der Waals surface area contributed by atoms with E-state index in [0.29, 0.717) is 6.42 Å². The van der Waals surface area contributed by atoms with Gasteiger partial charge in [0.2, 0.25) is 5.91 Å². The fourth-order valence-electron chi connectivity index (χ4n) is 1.68. The molecule has 1 amide bonds. The van der Waals surface area contributed by atoms with E-state index in [0.717, 1.165) is 5.69 Å². The SMILES string of the molecule is NC1C=CC(C(=O)Nc2ccccc2)C1. The highest BCUT2D eigenvalue weighted by Crippen LogP contribution is 2.18. The van der Waals surface area contributed by atoms with E-state index < -0.39 is 0 Å². The van der Waals surface area contributed by atoms with E-state index in [4.69, 9.17) is 5.73 Å². The van der Waals surface area contributed by atoms with Gasteiger partial charge in [-0.1, -0.05) is 30.4 Å². The number of rotatable bonds is 2. The number of para-hydroxylation sites is 1. The van der Waals surface area contributed by atoms with E-state index in [1.54, 1.807) is 0 Å². The van der Waals surface area contributed by atoms with Gasteiger partial charge in [0.1, 0.15) is 0 Å². The third-order valence-electron chi connectivity index (χ3n) is 2.49. The predicted octanol–water partition coefficient (Wildman–Crippen LogP) is 1.53. The molecule has 1 aromatic rings. The number of hydrogen-bond acceptors (Lipinski definition) is 2. The maximum atomic E-state index is 11.7. The molecule has 0 heterocycles. The molecule has 2 unspecified atom stereocenters. The Balaban J connectivity index is 1.96. The molecular formula is C12H14N2O. The summed E-state index contributed by atoms with van der Waals surface area (Å²) in [5.74, 6) is -0.0643. The molecule has 78 valence electrons. The van der Waals surface area contributed by atoms with Gasteiger partial charge < -0.3 is 11.1 Å². The molecule has 0 saturated carbocycles. The lowest BCUT2D eigenvalue weighted by Crippen LogP contribution is -2.23. The average Bonchev–Trinajstić information content (AvgIpc) is 2.66. The molecule has 2 atom stereocenters. The lowest BCUT2D eigenvalue weighted by Gasteiger charge is -2.10. The van der Waals surface area contributed by atoms with Crippen LogP contribution in [-0.2, 0) is 4.79 Å². The van der Waals surface area contributed by atoms with Crippen molar-refractivity contribution < 1.29 is 4.79 Å². The Bertz CT molecular complexity index is 372. The summed E-state index contributed by atoms with van der Waals surface area (Å²) in [7, 11) is 0. The van der Waals surface area contributed by atoms with Crippen LogP contribution in [-0.4, -0.2) is 11.9 Å². The molecule has 0 spiro atoms. The van der Waals surface area contributed by atoms with Crippen molar-refractivity contribution in [2.45, 2.75) is 12.5 Å². The number of anilines is 1. The Morgan fingerprint density at radius 2 is 2.00 bits per heavy atom. The Hall–Kier alpha value is -1.61. The summed E-state index contributed by atoms with van der Waals surface area (Å²) in [6, 6.07) is 9.47. The summed E-state index contributed by atoms with van der Waals surface area (Å²) in [5, 5.41) is 2.86. The molecule has 3 N–H and O–H groups in total. The van der Waals surface area contributed by atoms with Crippen LogP contribution in [0.2, 0.25) is 0 Å². The maximum absolute atomic E-state index is 11.7. The van der Waals surface area contributed by atoms with Gasteiger partial charge in [0.15, 0.2) is 0 Å². The normalized spacial score (nSPS) is 24.1. The third-order valence-corrected chi connectivity index (χ3v) is 2.49. The van der Waals surface area contributed by atoms with Crippen LogP contribution < -0.4 is 11.1 Å². The number of nitrogens with one attached hydrogen (secondary N) is 1. The second kappa shape index (κ2) is 4.28. The molecular weight excluding hydrogens is 188 g/mol. The molecule has 3 heteroatoms. The lowest BCUT2D eigenvalue weighted by atomic mass is 10.1. The fourth-order valence-corrected chi connectivity index (χ4v) is 1.68. The van der Waals surface area contributed by atoms with Crippen LogP contribution in [0.3, 0.4) is 0 Å². The largest absolute Gasteiger partial charge is 0.326 e. The Labute approximate surface area is 89.0 Å². The lowest BCUT2D eigenvalue weighted by molar-refractivity contribution is -0.118. The molecule has 1 aliphatic carbocycles. The van der Waals surface area contributed by atoms with Crippen LogP contribution >= 0.6 is 0 Å². The summed E-state index contributed by atoms with van der Waals surface area (Å²) in [6.45, 7) is 0. The molecule has 0 saturated heterocycles. The van der Waals surface area contributed by atoms with E-state index in [1.165, 1.54) is 0 Å². The molecule has 0 bridgehead atoms. The van der Waals surface area contributed by atoms with Crippen LogP contribution in [0.25, 0.3) is 0 Å². The van der Waals surface area contributed by atoms with E-state index in [1.807, 2.05) is 42.5 Å². The molecule has 0 aliphatic heterocycles. The first kappa shape index (κ1) is 9.93. The van der Waals surface area contributed by atoms with Gasteiger partial charge >= 0.3 is 0 Å². The summed E-state index contributed by atoms with van der Waals surface area (Å²) in [6.07, 6.45) is 4.47. The van der Waals surface area contributed by atoms with Gasteiger partial charge in [-0.15, -0.1) is 0 Å². The van der Waals surface area contributed by atoms with Gasteiger partial charge in [0, 0.05) is 11.7 Å². The van der Waals surface area contributed by atoms with Crippen LogP contribution in [0.15, 0.2) is 42.5 Å². The highest BCUT2D eigenvalue weighted by molar-refractivity contribution is 5.94. The van der Waals surface area contributed by atoms with Crippen LogP contribution in [0.5, 0.6) is 0 Å². The Kier molecular flexibility index (Phi) is 2.83. The number of hydrogen-bond donors (Lipinski definition) is 2. The third kappa shape index (κ3) is 2.44. The number of carbonyl (C=O) groups excluding carboxylic acids is 1. The minimum atomic E-state index is -0.0831. The summed E-state index contributed by atoms with van der Waals surface area (Å²) >= 11 is 0. The van der Waals surface area contributed by atoms with Crippen molar-refractivity contribution in [3.63, 3.8) is 0 Å². The first-order chi connectivity index (χ1) is 7.25. The molecule has 3 nitrogen and oxygen atoms in total. The summed E-state index contributed by atoms with van der Waals surface area (Å²) in [4.78, 5) is 11.7. The summed E-state index contributed by atoms with van der Waals surface area (Å²) in [5.41, 5.74) is 6.52. The van der Waals surface area contributed by atoms with Gasteiger partial charge in [-0.05, 0) is 18.6 Å². The minimum absolute atomic E-state index is 0.0189. The zero-order valence-electron chi connectivity index (χ0n) is 8.39. The Morgan fingerprint density at radius 1 is 1.27 bits per heavy atom. The van der Waals surface area contributed by atoms with Crippen molar-refractivity contribution in [1.82, 2.24) is 0 Å². The van der Waals surface area contributed by atoms with Crippen molar-refractivity contribution in [3.05, 3.63) is 42.5 Å². The van der Waals surface area contributed by atoms with Crippen molar-refractivity contribution in [1.29, 1.82) is 0 Å². The summed E-state index contributed by atoms with van der Waals surface area (Å²) < 4.78 is 0. The molecule has 0 aromatic heterocycles. The van der Waals surface area contributed by atoms with Gasteiger partial charge in [0.25, 0.3) is 0 Å². The predicted molar refractivity (Wildman–Crippen MR) is 60.3 cm³/mol. The van der Waals surface area contributed by atoms with Crippen molar-refractivity contribution in [2.75, 3.05) is 5.32 Å². The fraction of sp³-hybridized carbons (Fsp3) is 0.250. The molecule has 1 aliphatic rings. The number of amides is 1. The average molecular weight is 202 g/mol. The quantitative estimate of drug-likeness (QED) is 0.714. The van der Waals surface area contributed by atoms with Crippen LogP contribution in [0.1, 0.15) is 6.42 Å². The zero-order valence-corrected chi connectivity index (χ0v) is 8.39. The van der Waals surface area contributed by atoms with Crippen LogP contribution in [0.4, 0.5) is 5.69 Å². The second-order valence-corrected chi connectivity index (χ2v) is 3.75. The smallest absolute Gasteiger partial charge is 0.231 e. The van der Waals surface area contributed by atoms with Gasteiger partial charge in [-0.2, -0.15) is 0 Å². The highest BCUT2D eigenvalue weighted by atomic mass is 16.1. The van der Waals surface area contributed by atoms with Crippen molar-refractivity contribution >= 4 is 11.6 Å².